The molecule has 96 valence electrons. The molecule has 0 radical (unpaired) electrons. The molecule has 17 heavy (non-hydrogen) atoms. The molecule has 0 fully saturated rings. The normalized spacial score (nSPS) is 13.5. The minimum Gasteiger partial charge on any atom is -0.399 e. The molecule has 0 aliphatic carbocycles. The first-order valence-corrected chi connectivity index (χ1v) is 6.46. The number of rotatable bonds is 4. The molecule has 0 heterocycles. The molecule has 1 rings (SSSR count). The van der Waals surface area contributed by atoms with Gasteiger partial charge in [0.05, 0.1) is 5.56 Å². The minimum atomic E-state index is -4.39. The summed E-state index contributed by atoms with van der Waals surface area (Å²) in [6.07, 6.45) is -2.48. The molecule has 0 amide bonds. The summed E-state index contributed by atoms with van der Waals surface area (Å²) in [6, 6.07) is 3.75. The Bertz CT molecular complexity index is 379. The van der Waals surface area contributed by atoms with E-state index >= 15 is 0 Å². The van der Waals surface area contributed by atoms with E-state index in [2.05, 4.69) is 5.32 Å². The Morgan fingerprint density at radius 2 is 2.06 bits per heavy atom. The van der Waals surface area contributed by atoms with Crippen LogP contribution in [0.3, 0.4) is 0 Å². The van der Waals surface area contributed by atoms with Gasteiger partial charge in [-0.15, -0.1) is 0 Å². The Morgan fingerprint density at radius 1 is 1.41 bits per heavy atom. The highest BCUT2D eigenvalue weighted by Crippen LogP contribution is 2.36. The molecule has 1 aromatic carbocycles. The quantitative estimate of drug-likeness (QED) is 0.818. The highest BCUT2D eigenvalue weighted by Gasteiger charge is 2.33. The molecule has 2 nitrogen and oxygen atoms in total. The molecule has 1 atom stereocenters. The maximum absolute atomic E-state index is 12.8. The highest BCUT2D eigenvalue weighted by molar-refractivity contribution is 7.98. The Hall–Kier alpha value is -1.04. The van der Waals surface area contributed by atoms with E-state index in [-0.39, 0.29) is 17.4 Å². The number of thioether (sulfide) groups is 1. The van der Waals surface area contributed by atoms with Crippen LogP contribution in [-0.4, -0.2) is 18.1 Å². The zero-order chi connectivity index (χ0) is 13.1. The monoisotopic (exact) mass is 264 g/mol. The SMILES string of the molecule is CSCC(C)Nc1ccc(N)cc1C(F)(F)F. The van der Waals surface area contributed by atoms with E-state index in [1.165, 1.54) is 12.1 Å². The van der Waals surface area contributed by atoms with Crippen LogP contribution in [0.4, 0.5) is 24.5 Å². The first-order chi connectivity index (χ1) is 7.84. The van der Waals surface area contributed by atoms with E-state index < -0.39 is 11.7 Å². The third-order valence-electron chi connectivity index (χ3n) is 2.17. The molecule has 0 bridgehead atoms. The summed E-state index contributed by atoms with van der Waals surface area (Å²) in [5.41, 5.74) is 4.85. The van der Waals surface area contributed by atoms with Crippen LogP contribution in [0.5, 0.6) is 0 Å². The van der Waals surface area contributed by atoms with Gasteiger partial charge >= 0.3 is 6.18 Å². The number of benzene rings is 1. The summed E-state index contributed by atoms with van der Waals surface area (Å²) in [4.78, 5) is 0. The fourth-order valence-corrected chi connectivity index (χ4v) is 2.06. The van der Waals surface area contributed by atoms with E-state index in [0.717, 1.165) is 11.8 Å². The van der Waals surface area contributed by atoms with Crippen molar-refractivity contribution in [1.29, 1.82) is 0 Å². The summed E-state index contributed by atoms with van der Waals surface area (Å²) in [5, 5.41) is 2.85. The number of hydrogen-bond acceptors (Lipinski definition) is 3. The Morgan fingerprint density at radius 3 is 2.59 bits per heavy atom. The molecule has 0 aliphatic heterocycles. The number of nitrogens with two attached hydrogens (primary N) is 1. The molecule has 0 saturated carbocycles. The van der Waals surface area contributed by atoms with E-state index in [9.17, 15) is 13.2 Å². The topological polar surface area (TPSA) is 38.0 Å². The van der Waals surface area contributed by atoms with Gasteiger partial charge in [0.1, 0.15) is 0 Å². The third kappa shape index (κ3) is 4.03. The van der Waals surface area contributed by atoms with Crippen LogP contribution in [0.25, 0.3) is 0 Å². The number of hydrogen-bond donors (Lipinski definition) is 2. The number of alkyl halides is 3. The molecule has 0 saturated heterocycles. The summed E-state index contributed by atoms with van der Waals surface area (Å²) >= 11 is 1.58. The fraction of sp³-hybridized carbons (Fsp3) is 0.455. The largest absolute Gasteiger partial charge is 0.418 e. The summed E-state index contributed by atoms with van der Waals surface area (Å²) in [6.45, 7) is 1.84. The average Bonchev–Trinajstić information content (AvgIpc) is 2.19. The maximum Gasteiger partial charge on any atom is 0.418 e. The first kappa shape index (κ1) is 14.0. The van der Waals surface area contributed by atoms with Crippen LogP contribution in [0.2, 0.25) is 0 Å². The highest BCUT2D eigenvalue weighted by atomic mass is 32.2. The van der Waals surface area contributed by atoms with E-state index in [1.807, 2.05) is 13.2 Å². The van der Waals surface area contributed by atoms with E-state index in [4.69, 9.17) is 5.73 Å². The molecule has 3 N–H and O–H groups in total. The number of nitrogens with one attached hydrogen (secondary N) is 1. The smallest absolute Gasteiger partial charge is 0.399 e. The van der Waals surface area contributed by atoms with Crippen molar-refractivity contribution >= 4 is 23.1 Å². The molecule has 0 aromatic heterocycles. The Labute approximate surface area is 103 Å². The lowest BCUT2D eigenvalue weighted by Gasteiger charge is -2.19. The van der Waals surface area contributed by atoms with Crippen molar-refractivity contribution in [2.24, 2.45) is 0 Å². The van der Waals surface area contributed by atoms with Crippen molar-refractivity contribution in [3.05, 3.63) is 23.8 Å². The zero-order valence-corrected chi connectivity index (χ0v) is 10.5. The number of anilines is 2. The summed E-state index contributed by atoms with van der Waals surface area (Å²) in [7, 11) is 0. The first-order valence-electron chi connectivity index (χ1n) is 5.06. The third-order valence-corrected chi connectivity index (χ3v) is 3.00. The predicted molar refractivity (Wildman–Crippen MR) is 67.3 cm³/mol. The molecule has 6 heteroatoms. The minimum absolute atomic E-state index is 0.0327. The van der Waals surface area contributed by atoms with Crippen LogP contribution in [0.15, 0.2) is 18.2 Å². The predicted octanol–water partition coefficient (Wildman–Crippen LogP) is 3.45. The molecule has 1 unspecified atom stereocenters. The van der Waals surface area contributed by atoms with E-state index in [1.54, 1.807) is 11.8 Å². The summed E-state index contributed by atoms with van der Waals surface area (Å²) in [5.74, 6) is 0.738. The maximum atomic E-state index is 12.8. The number of halogens is 3. The van der Waals surface area contributed by atoms with Gasteiger partial charge in [0.15, 0.2) is 0 Å². The van der Waals surface area contributed by atoms with Gasteiger partial charge in [0, 0.05) is 23.2 Å². The van der Waals surface area contributed by atoms with Gasteiger partial charge in [-0.2, -0.15) is 24.9 Å². The molecule has 0 aliphatic rings. The van der Waals surface area contributed by atoms with Gasteiger partial charge in [-0.25, -0.2) is 0 Å². The van der Waals surface area contributed by atoms with Crippen molar-refractivity contribution in [3.63, 3.8) is 0 Å². The average molecular weight is 264 g/mol. The Kier molecular flexibility index (Phi) is 4.56. The van der Waals surface area contributed by atoms with Gasteiger partial charge in [-0.05, 0) is 31.4 Å². The van der Waals surface area contributed by atoms with Crippen LogP contribution >= 0.6 is 11.8 Å². The standard InChI is InChI=1S/C11H15F3N2S/c1-7(6-17-2)16-10-4-3-8(15)5-9(10)11(12,13)14/h3-5,7,16H,6,15H2,1-2H3. The van der Waals surface area contributed by atoms with Crippen molar-refractivity contribution in [2.75, 3.05) is 23.1 Å². The lowest BCUT2D eigenvalue weighted by Crippen LogP contribution is -2.20. The van der Waals surface area contributed by atoms with E-state index in [0.29, 0.717) is 0 Å². The van der Waals surface area contributed by atoms with Crippen LogP contribution < -0.4 is 11.1 Å². The van der Waals surface area contributed by atoms with Gasteiger partial charge in [-0.1, -0.05) is 0 Å². The lowest BCUT2D eigenvalue weighted by molar-refractivity contribution is -0.136. The Balaban J connectivity index is 2.99. The van der Waals surface area contributed by atoms with Gasteiger partial charge < -0.3 is 11.1 Å². The molecular formula is C11H15F3N2S. The second-order valence-corrected chi connectivity index (χ2v) is 4.71. The van der Waals surface area contributed by atoms with Crippen molar-refractivity contribution < 1.29 is 13.2 Å². The van der Waals surface area contributed by atoms with Crippen molar-refractivity contribution in [2.45, 2.75) is 19.1 Å². The second kappa shape index (κ2) is 5.53. The van der Waals surface area contributed by atoms with Crippen LogP contribution in [0.1, 0.15) is 12.5 Å². The molecular weight excluding hydrogens is 249 g/mol. The van der Waals surface area contributed by atoms with Gasteiger partial charge in [0.25, 0.3) is 0 Å². The van der Waals surface area contributed by atoms with Crippen molar-refractivity contribution in [1.82, 2.24) is 0 Å². The zero-order valence-electron chi connectivity index (χ0n) is 9.64. The van der Waals surface area contributed by atoms with Gasteiger partial charge in [-0.3, -0.25) is 0 Å². The molecule has 0 spiro atoms. The lowest BCUT2D eigenvalue weighted by atomic mass is 10.1. The second-order valence-electron chi connectivity index (χ2n) is 3.80. The van der Waals surface area contributed by atoms with Crippen molar-refractivity contribution in [3.8, 4) is 0 Å². The van der Waals surface area contributed by atoms with Crippen LogP contribution in [-0.2, 0) is 6.18 Å². The molecule has 1 aromatic rings. The number of nitrogen functional groups attached to an aromatic ring is 1. The summed E-state index contributed by atoms with van der Waals surface area (Å²) < 4.78 is 38.3. The fourth-order valence-electron chi connectivity index (χ4n) is 1.48. The van der Waals surface area contributed by atoms with Crippen LogP contribution in [0, 0.1) is 0 Å². The van der Waals surface area contributed by atoms with Gasteiger partial charge in [0.2, 0.25) is 0 Å².